The summed E-state index contributed by atoms with van der Waals surface area (Å²) in [5.41, 5.74) is -0.0315. The van der Waals surface area contributed by atoms with Gasteiger partial charge in [-0.3, -0.25) is 10.1 Å². The molecule has 1 heterocycles. The van der Waals surface area contributed by atoms with Crippen LogP contribution in [-0.4, -0.2) is 30.7 Å². The van der Waals surface area contributed by atoms with Crippen LogP contribution in [0.1, 0.15) is 19.8 Å². The second-order valence-corrected chi connectivity index (χ2v) is 4.41. The van der Waals surface area contributed by atoms with Gasteiger partial charge in [0, 0.05) is 18.7 Å². The highest BCUT2D eigenvalue weighted by molar-refractivity contribution is 5.50. The molecule has 19 heavy (non-hydrogen) atoms. The average Bonchev–Trinajstić information content (AvgIpc) is 2.40. The van der Waals surface area contributed by atoms with Crippen LogP contribution >= 0.6 is 0 Å². The number of nitro groups is 1. The van der Waals surface area contributed by atoms with Gasteiger partial charge in [-0.15, -0.1) is 0 Å². The molecule has 1 aliphatic heterocycles. The summed E-state index contributed by atoms with van der Waals surface area (Å²) in [5, 5.41) is 14.1. The van der Waals surface area contributed by atoms with Crippen molar-refractivity contribution in [2.75, 3.05) is 19.7 Å². The zero-order valence-corrected chi connectivity index (χ0v) is 10.9. The topological polar surface area (TPSA) is 73.6 Å². The van der Waals surface area contributed by atoms with E-state index < -0.39 is 4.92 Å². The van der Waals surface area contributed by atoms with Crippen LogP contribution in [0.3, 0.4) is 0 Å². The average molecular weight is 266 g/mol. The van der Waals surface area contributed by atoms with E-state index in [1.54, 1.807) is 19.1 Å². The minimum Gasteiger partial charge on any atom is -0.489 e. The standard InChI is InChI=1S/C13H18N2O4/c1-2-18-13-8-10(5-6-12(13)15(16)17)19-11-4-3-7-14-9-11/h5-6,8,11,14H,2-4,7,9H2,1H3/t11-/m0/s1. The Hall–Kier alpha value is -1.82. The summed E-state index contributed by atoms with van der Waals surface area (Å²) in [5.74, 6) is 0.872. The molecule has 1 N–H and O–H groups in total. The van der Waals surface area contributed by atoms with Crippen molar-refractivity contribution in [3.8, 4) is 11.5 Å². The molecule has 0 radical (unpaired) electrons. The zero-order valence-electron chi connectivity index (χ0n) is 10.9. The normalized spacial score (nSPS) is 18.9. The number of nitrogens with one attached hydrogen (secondary N) is 1. The van der Waals surface area contributed by atoms with Crippen molar-refractivity contribution >= 4 is 5.69 Å². The van der Waals surface area contributed by atoms with Crippen molar-refractivity contribution < 1.29 is 14.4 Å². The van der Waals surface area contributed by atoms with E-state index in [1.165, 1.54) is 6.07 Å². The maximum Gasteiger partial charge on any atom is 0.311 e. The molecule has 1 aromatic carbocycles. The van der Waals surface area contributed by atoms with Gasteiger partial charge in [0.25, 0.3) is 0 Å². The summed E-state index contributed by atoms with van der Waals surface area (Å²) in [6, 6.07) is 4.64. The summed E-state index contributed by atoms with van der Waals surface area (Å²) >= 11 is 0. The van der Waals surface area contributed by atoms with Gasteiger partial charge in [-0.2, -0.15) is 0 Å². The lowest BCUT2D eigenvalue weighted by Gasteiger charge is -2.24. The Labute approximate surface area is 111 Å². The molecule has 0 spiro atoms. The quantitative estimate of drug-likeness (QED) is 0.652. The third-order valence-corrected chi connectivity index (χ3v) is 2.98. The summed E-state index contributed by atoms with van der Waals surface area (Å²) in [6.45, 7) is 4.00. The van der Waals surface area contributed by atoms with Crippen LogP contribution in [-0.2, 0) is 0 Å². The molecule has 1 atom stereocenters. The van der Waals surface area contributed by atoms with Gasteiger partial charge in [-0.1, -0.05) is 0 Å². The fraction of sp³-hybridized carbons (Fsp3) is 0.538. The first-order chi connectivity index (χ1) is 9.20. The molecule has 104 valence electrons. The number of ether oxygens (including phenoxy) is 2. The molecule has 0 unspecified atom stereocenters. The Kier molecular flexibility index (Phi) is 4.57. The monoisotopic (exact) mass is 266 g/mol. The first-order valence-corrected chi connectivity index (χ1v) is 6.49. The molecular formula is C13H18N2O4. The van der Waals surface area contributed by atoms with Crippen LogP contribution in [0.15, 0.2) is 18.2 Å². The van der Waals surface area contributed by atoms with Crippen LogP contribution < -0.4 is 14.8 Å². The van der Waals surface area contributed by atoms with E-state index in [0.29, 0.717) is 12.4 Å². The SMILES string of the molecule is CCOc1cc(O[C@H]2CCCNC2)ccc1[N+](=O)[O-]. The molecule has 1 aromatic rings. The number of hydrogen-bond acceptors (Lipinski definition) is 5. The van der Waals surface area contributed by atoms with Crippen molar-refractivity contribution in [2.24, 2.45) is 0 Å². The molecule has 0 aromatic heterocycles. The van der Waals surface area contributed by atoms with Gasteiger partial charge in [0.2, 0.25) is 5.75 Å². The van der Waals surface area contributed by atoms with Crippen LogP contribution in [0.25, 0.3) is 0 Å². The zero-order chi connectivity index (χ0) is 13.7. The van der Waals surface area contributed by atoms with Gasteiger partial charge < -0.3 is 14.8 Å². The molecule has 0 bridgehead atoms. The summed E-state index contributed by atoms with van der Waals surface area (Å²) in [6.07, 6.45) is 2.19. The van der Waals surface area contributed by atoms with Crippen molar-refractivity contribution in [3.63, 3.8) is 0 Å². The van der Waals surface area contributed by atoms with Crippen molar-refractivity contribution in [3.05, 3.63) is 28.3 Å². The Balaban J connectivity index is 2.12. The molecule has 1 saturated heterocycles. The minimum absolute atomic E-state index is 0.0315. The second kappa shape index (κ2) is 6.38. The van der Waals surface area contributed by atoms with E-state index in [4.69, 9.17) is 9.47 Å². The number of benzene rings is 1. The first kappa shape index (κ1) is 13.6. The Morgan fingerprint density at radius 2 is 2.37 bits per heavy atom. The molecule has 1 fully saturated rings. The van der Waals surface area contributed by atoms with Crippen LogP contribution in [0.4, 0.5) is 5.69 Å². The van der Waals surface area contributed by atoms with E-state index >= 15 is 0 Å². The van der Waals surface area contributed by atoms with Gasteiger partial charge in [0.15, 0.2) is 0 Å². The molecule has 6 nitrogen and oxygen atoms in total. The fourth-order valence-electron chi connectivity index (χ4n) is 2.10. The summed E-state index contributed by atoms with van der Waals surface area (Å²) in [7, 11) is 0. The lowest BCUT2D eigenvalue weighted by Crippen LogP contribution is -2.37. The molecule has 1 aliphatic rings. The van der Waals surface area contributed by atoms with Crippen molar-refractivity contribution in [1.82, 2.24) is 5.32 Å². The summed E-state index contributed by atoms with van der Waals surface area (Å²) in [4.78, 5) is 10.4. The van der Waals surface area contributed by atoms with Crippen LogP contribution in [0.5, 0.6) is 11.5 Å². The predicted molar refractivity (Wildman–Crippen MR) is 70.8 cm³/mol. The Bertz CT molecular complexity index is 444. The van der Waals surface area contributed by atoms with E-state index in [2.05, 4.69) is 5.32 Å². The number of nitro benzene ring substituents is 1. The third kappa shape index (κ3) is 3.57. The van der Waals surface area contributed by atoms with Crippen molar-refractivity contribution in [1.29, 1.82) is 0 Å². The number of nitrogens with zero attached hydrogens (tertiary/aromatic N) is 1. The van der Waals surface area contributed by atoms with Crippen molar-refractivity contribution in [2.45, 2.75) is 25.9 Å². The number of piperidine rings is 1. The van der Waals surface area contributed by atoms with Crippen LogP contribution in [0.2, 0.25) is 0 Å². The molecule has 0 aliphatic carbocycles. The number of hydrogen-bond donors (Lipinski definition) is 1. The van der Waals surface area contributed by atoms with Gasteiger partial charge >= 0.3 is 5.69 Å². The van der Waals surface area contributed by atoms with Crippen LogP contribution in [0, 0.1) is 10.1 Å². The van der Waals surface area contributed by atoms with Gasteiger partial charge in [-0.25, -0.2) is 0 Å². The summed E-state index contributed by atoms with van der Waals surface area (Å²) < 4.78 is 11.1. The molecule has 6 heteroatoms. The van der Waals surface area contributed by atoms with E-state index in [9.17, 15) is 10.1 Å². The van der Waals surface area contributed by atoms with Gasteiger partial charge in [0.05, 0.1) is 11.5 Å². The smallest absolute Gasteiger partial charge is 0.311 e. The van der Waals surface area contributed by atoms with E-state index in [0.717, 1.165) is 25.9 Å². The van der Waals surface area contributed by atoms with E-state index in [1.807, 2.05) is 0 Å². The maximum atomic E-state index is 10.9. The Morgan fingerprint density at radius 1 is 1.53 bits per heavy atom. The number of rotatable bonds is 5. The highest BCUT2D eigenvalue weighted by Crippen LogP contribution is 2.31. The lowest BCUT2D eigenvalue weighted by molar-refractivity contribution is -0.385. The Morgan fingerprint density at radius 3 is 3.00 bits per heavy atom. The highest BCUT2D eigenvalue weighted by Gasteiger charge is 2.19. The van der Waals surface area contributed by atoms with Gasteiger partial charge in [0.1, 0.15) is 11.9 Å². The largest absolute Gasteiger partial charge is 0.489 e. The molecule has 2 rings (SSSR count). The lowest BCUT2D eigenvalue weighted by atomic mass is 10.1. The minimum atomic E-state index is -0.447. The third-order valence-electron chi connectivity index (χ3n) is 2.98. The highest BCUT2D eigenvalue weighted by atomic mass is 16.6. The van der Waals surface area contributed by atoms with Gasteiger partial charge in [-0.05, 0) is 32.4 Å². The first-order valence-electron chi connectivity index (χ1n) is 6.49. The molecular weight excluding hydrogens is 248 g/mol. The fourth-order valence-corrected chi connectivity index (χ4v) is 2.10. The molecule has 0 amide bonds. The second-order valence-electron chi connectivity index (χ2n) is 4.41. The van der Waals surface area contributed by atoms with E-state index in [-0.39, 0.29) is 17.5 Å². The maximum absolute atomic E-state index is 10.9. The molecule has 0 saturated carbocycles. The predicted octanol–water partition coefficient (Wildman–Crippen LogP) is 2.12.